The summed E-state index contributed by atoms with van der Waals surface area (Å²) in [6.45, 7) is 4.42. The Morgan fingerprint density at radius 2 is 1.77 bits per heavy atom. The van der Waals surface area contributed by atoms with Crippen molar-refractivity contribution < 1.29 is 27.2 Å². The van der Waals surface area contributed by atoms with E-state index >= 15 is 0 Å². The van der Waals surface area contributed by atoms with Crippen LogP contribution in [0.2, 0.25) is 0 Å². The first kappa shape index (κ1) is 28.0. The molecule has 8 nitrogen and oxygen atoms in total. The number of carbonyl (C=O) groups excluding carboxylic acids is 3. The van der Waals surface area contributed by atoms with Gasteiger partial charge in [0.2, 0.25) is 21.8 Å². The maximum absolute atomic E-state index is 14.4. The topological polar surface area (TPSA) is 104 Å². The first-order chi connectivity index (χ1) is 16.5. The lowest BCUT2D eigenvalue weighted by atomic mass is 10.1. The molecule has 2 amide bonds. The lowest BCUT2D eigenvalue weighted by Crippen LogP contribution is -2.51. The maximum Gasteiger partial charge on any atom is 0.244 e. The molecular formula is C25H32FN3O5S. The maximum atomic E-state index is 14.4. The van der Waals surface area contributed by atoms with Crippen LogP contribution in [-0.4, -0.2) is 56.3 Å². The van der Waals surface area contributed by atoms with E-state index in [9.17, 15) is 27.2 Å². The van der Waals surface area contributed by atoms with E-state index in [0.717, 1.165) is 28.3 Å². The molecule has 0 saturated carbocycles. The lowest BCUT2D eigenvalue weighted by molar-refractivity contribution is -0.139. The molecule has 0 aliphatic rings. The number of sulfonamides is 1. The average Bonchev–Trinajstić information content (AvgIpc) is 2.80. The molecule has 0 radical (unpaired) electrons. The zero-order valence-corrected chi connectivity index (χ0v) is 21.3. The summed E-state index contributed by atoms with van der Waals surface area (Å²) < 4.78 is 40.4. The normalized spacial score (nSPS) is 12.0. The van der Waals surface area contributed by atoms with E-state index in [1.165, 1.54) is 50.2 Å². The van der Waals surface area contributed by atoms with Gasteiger partial charge in [-0.2, -0.15) is 0 Å². The highest BCUT2D eigenvalue weighted by atomic mass is 32.2. The van der Waals surface area contributed by atoms with Crippen molar-refractivity contribution in [2.75, 3.05) is 23.7 Å². The molecular weight excluding hydrogens is 473 g/mol. The molecule has 0 aliphatic heterocycles. The lowest BCUT2D eigenvalue weighted by Gasteiger charge is -2.31. The number of carbonyl (C=O) groups is 3. The number of amides is 2. The standard InChI is InChI=1S/C25H32FN3O5S/c1-5-6-14-27-25(32)18(2)28(16-21-10-7-8-13-23(21)26)24(31)17-29(35(4,33)34)22-12-9-11-20(15-22)19(3)30/h7-13,15,18H,5-6,14,16-17H2,1-4H3,(H,27,32). The van der Waals surface area contributed by atoms with E-state index in [4.69, 9.17) is 0 Å². The third-order valence-corrected chi connectivity index (χ3v) is 6.66. The van der Waals surface area contributed by atoms with E-state index in [0.29, 0.717) is 6.54 Å². The largest absolute Gasteiger partial charge is 0.354 e. The fraction of sp³-hybridized carbons (Fsp3) is 0.400. The van der Waals surface area contributed by atoms with E-state index in [-0.39, 0.29) is 29.1 Å². The number of unbranched alkanes of at least 4 members (excludes halogenated alkanes) is 1. The number of rotatable bonds is 12. The highest BCUT2D eigenvalue weighted by Gasteiger charge is 2.30. The SMILES string of the molecule is CCCCNC(=O)C(C)N(Cc1ccccc1F)C(=O)CN(c1cccc(C(C)=O)c1)S(C)(=O)=O. The molecule has 190 valence electrons. The van der Waals surface area contributed by atoms with Crippen molar-refractivity contribution in [2.24, 2.45) is 0 Å². The van der Waals surface area contributed by atoms with E-state index in [1.54, 1.807) is 12.1 Å². The van der Waals surface area contributed by atoms with Crippen molar-refractivity contribution in [3.63, 3.8) is 0 Å². The van der Waals surface area contributed by atoms with Gasteiger partial charge in [0.15, 0.2) is 5.78 Å². The van der Waals surface area contributed by atoms with Crippen LogP contribution in [0, 0.1) is 5.82 Å². The zero-order chi connectivity index (χ0) is 26.2. The van der Waals surface area contributed by atoms with Crippen molar-refractivity contribution in [1.29, 1.82) is 0 Å². The second-order valence-electron chi connectivity index (χ2n) is 8.31. The molecule has 10 heteroatoms. The van der Waals surface area contributed by atoms with Gasteiger partial charge in [-0.3, -0.25) is 18.7 Å². The summed E-state index contributed by atoms with van der Waals surface area (Å²) >= 11 is 0. The number of hydrogen-bond acceptors (Lipinski definition) is 5. The monoisotopic (exact) mass is 505 g/mol. The van der Waals surface area contributed by atoms with Gasteiger partial charge < -0.3 is 10.2 Å². The number of hydrogen-bond donors (Lipinski definition) is 1. The molecule has 2 rings (SSSR count). The fourth-order valence-corrected chi connectivity index (χ4v) is 4.26. The Balaban J connectivity index is 2.40. The number of halogens is 1. The first-order valence-corrected chi connectivity index (χ1v) is 13.2. The molecule has 0 aromatic heterocycles. The molecule has 1 atom stereocenters. The average molecular weight is 506 g/mol. The van der Waals surface area contributed by atoms with Gasteiger partial charge in [-0.1, -0.05) is 43.7 Å². The molecule has 0 bridgehead atoms. The summed E-state index contributed by atoms with van der Waals surface area (Å²) in [7, 11) is -3.93. The minimum Gasteiger partial charge on any atom is -0.354 e. The van der Waals surface area contributed by atoms with Gasteiger partial charge in [0.25, 0.3) is 0 Å². The predicted octanol–water partition coefficient (Wildman–Crippen LogP) is 3.13. The van der Waals surface area contributed by atoms with Gasteiger partial charge >= 0.3 is 0 Å². The summed E-state index contributed by atoms with van der Waals surface area (Å²) in [5.41, 5.74) is 0.619. The predicted molar refractivity (Wildman–Crippen MR) is 133 cm³/mol. The van der Waals surface area contributed by atoms with E-state index < -0.39 is 40.2 Å². The Bertz CT molecular complexity index is 1170. The van der Waals surface area contributed by atoms with Gasteiger partial charge in [0, 0.05) is 24.2 Å². The number of anilines is 1. The van der Waals surface area contributed by atoms with Crippen LogP contribution in [0.5, 0.6) is 0 Å². The Morgan fingerprint density at radius 1 is 1.09 bits per heavy atom. The van der Waals surface area contributed by atoms with Crippen LogP contribution in [0.1, 0.15) is 49.5 Å². The van der Waals surface area contributed by atoms with Gasteiger partial charge in [0.05, 0.1) is 11.9 Å². The molecule has 0 aliphatic carbocycles. The summed E-state index contributed by atoms with van der Waals surface area (Å²) in [4.78, 5) is 39.1. The fourth-order valence-electron chi connectivity index (χ4n) is 3.42. The van der Waals surface area contributed by atoms with Gasteiger partial charge in [-0.05, 0) is 38.5 Å². The molecule has 0 spiro atoms. The molecule has 0 heterocycles. The van der Waals surface area contributed by atoms with Crippen LogP contribution in [0.3, 0.4) is 0 Å². The summed E-state index contributed by atoms with van der Waals surface area (Å²) in [6, 6.07) is 10.8. The van der Waals surface area contributed by atoms with Crippen molar-refractivity contribution in [2.45, 2.75) is 46.2 Å². The second-order valence-corrected chi connectivity index (χ2v) is 10.2. The van der Waals surface area contributed by atoms with Crippen LogP contribution >= 0.6 is 0 Å². The third kappa shape index (κ3) is 7.88. The number of Topliss-reactive ketones (excluding diaryl/α,β-unsaturated/α-hetero) is 1. The third-order valence-electron chi connectivity index (χ3n) is 5.52. The summed E-state index contributed by atoms with van der Waals surface area (Å²) in [5, 5.41) is 2.76. The van der Waals surface area contributed by atoms with Crippen LogP contribution in [-0.2, 0) is 26.2 Å². The van der Waals surface area contributed by atoms with Crippen LogP contribution in [0.15, 0.2) is 48.5 Å². The molecule has 1 N–H and O–H groups in total. The summed E-state index contributed by atoms with van der Waals surface area (Å²) in [6.07, 6.45) is 2.58. The van der Waals surface area contributed by atoms with Crippen molar-refractivity contribution in [3.05, 3.63) is 65.5 Å². The molecule has 2 aromatic rings. The number of nitrogens with one attached hydrogen (secondary N) is 1. The number of ketones is 1. The van der Waals surface area contributed by atoms with E-state index in [1.807, 2.05) is 6.92 Å². The Hall–Kier alpha value is -3.27. The van der Waals surface area contributed by atoms with Crippen molar-refractivity contribution in [1.82, 2.24) is 10.2 Å². The quantitative estimate of drug-likeness (QED) is 0.353. The molecule has 0 fully saturated rings. The molecule has 2 aromatic carbocycles. The molecule has 35 heavy (non-hydrogen) atoms. The number of nitrogens with zero attached hydrogens (tertiary/aromatic N) is 2. The highest BCUT2D eigenvalue weighted by molar-refractivity contribution is 7.92. The van der Waals surface area contributed by atoms with Crippen molar-refractivity contribution >= 4 is 33.3 Å². The summed E-state index contributed by atoms with van der Waals surface area (Å²) in [5.74, 6) is -1.92. The van der Waals surface area contributed by atoms with Gasteiger partial charge in [-0.15, -0.1) is 0 Å². The van der Waals surface area contributed by atoms with E-state index in [2.05, 4.69) is 5.32 Å². The number of benzene rings is 2. The van der Waals surface area contributed by atoms with Crippen LogP contribution < -0.4 is 9.62 Å². The first-order valence-electron chi connectivity index (χ1n) is 11.3. The smallest absolute Gasteiger partial charge is 0.244 e. The second kappa shape index (κ2) is 12.4. The Kier molecular flexibility index (Phi) is 9.94. The van der Waals surface area contributed by atoms with Gasteiger partial charge in [-0.25, -0.2) is 12.8 Å². The van der Waals surface area contributed by atoms with Crippen molar-refractivity contribution in [3.8, 4) is 0 Å². The Labute approximate surface area is 206 Å². The van der Waals surface area contributed by atoms with Crippen LogP contribution in [0.4, 0.5) is 10.1 Å². The highest BCUT2D eigenvalue weighted by Crippen LogP contribution is 2.21. The van der Waals surface area contributed by atoms with Gasteiger partial charge in [0.1, 0.15) is 18.4 Å². The zero-order valence-electron chi connectivity index (χ0n) is 20.5. The minimum absolute atomic E-state index is 0.138. The van der Waals surface area contributed by atoms with Crippen LogP contribution in [0.25, 0.3) is 0 Å². The molecule has 1 unspecified atom stereocenters. The minimum atomic E-state index is -3.93. The molecule has 0 saturated heterocycles. The Morgan fingerprint density at radius 3 is 2.37 bits per heavy atom.